The summed E-state index contributed by atoms with van der Waals surface area (Å²) >= 11 is 5.86. The van der Waals surface area contributed by atoms with Crippen LogP contribution in [0.3, 0.4) is 0 Å². The summed E-state index contributed by atoms with van der Waals surface area (Å²) in [4.78, 5) is 10.6. The van der Waals surface area contributed by atoms with Gasteiger partial charge in [-0.25, -0.2) is 0 Å². The van der Waals surface area contributed by atoms with E-state index in [-0.39, 0.29) is 6.61 Å². The molecule has 2 N–H and O–H groups in total. The first-order valence-electron chi connectivity index (χ1n) is 5.82. The molecule has 0 aromatic heterocycles. The number of rotatable bonds is 7. The fourth-order valence-electron chi connectivity index (χ4n) is 1.32. The van der Waals surface area contributed by atoms with Crippen molar-refractivity contribution in [1.82, 2.24) is 5.32 Å². The Hall–Kier alpha value is -1.10. The summed E-state index contributed by atoms with van der Waals surface area (Å²) in [6.45, 7) is 4.66. The molecule has 1 aromatic carbocycles. The zero-order valence-corrected chi connectivity index (χ0v) is 11.3. The molecule has 0 fully saturated rings. The molecule has 0 aliphatic carbocycles. The van der Waals surface area contributed by atoms with E-state index in [9.17, 15) is 9.90 Å². The van der Waals surface area contributed by atoms with Crippen LogP contribution in [0.4, 0.5) is 0 Å². The molecular weight excluding hydrogens is 254 g/mol. The Morgan fingerprint density at radius 2 is 2.22 bits per heavy atom. The highest BCUT2D eigenvalue weighted by atomic mass is 35.5. The topological polar surface area (TPSA) is 58.6 Å². The third-order valence-corrected chi connectivity index (χ3v) is 2.63. The molecule has 0 unspecified atom stereocenters. The van der Waals surface area contributed by atoms with Gasteiger partial charge < -0.3 is 15.2 Å². The Morgan fingerprint density at radius 1 is 1.50 bits per heavy atom. The molecule has 1 rings (SSSR count). The fourth-order valence-corrected chi connectivity index (χ4v) is 1.53. The maximum atomic E-state index is 10.6. The number of carbonyl (C=O) groups excluding carboxylic acids is 1. The largest absolute Gasteiger partial charge is 0.491 e. The van der Waals surface area contributed by atoms with Crippen molar-refractivity contribution in [2.75, 3.05) is 13.2 Å². The molecule has 0 saturated carbocycles. The molecule has 0 bridgehead atoms. The smallest absolute Gasteiger partial charge is 0.151 e. The van der Waals surface area contributed by atoms with E-state index >= 15 is 0 Å². The van der Waals surface area contributed by atoms with Gasteiger partial charge in [0.25, 0.3) is 0 Å². The summed E-state index contributed by atoms with van der Waals surface area (Å²) in [6, 6.07) is 5.12. The number of hydrogen-bond donors (Lipinski definition) is 2. The minimum absolute atomic E-state index is 0.177. The molecule has 0 spiro atoms. The molecule has 0 aliphatic heterocycles. The molecule has 1 atom stereocenters. The molecule has 1 aromatic rings. The van der Waals surface area contributed by atoms with Gasteiger partial charge in [-0.15, -0.1) is 0 Å². The van der Waals surface area contributed by atoms with Crippen LogP contribution in [0.5, 0.6) is 5.75 Å². The summed E-state index contributed by atoms with van der Waals surface area (Å²) < 4.78 is 5.39. The minimum Gasteiger partial charge on any atom is -0.491 e. The van der Waals surface area contributed by atoms with Crippen LogP contribution in [-0.2, 0) is 0 Å². The number of benzene rings is 1. The average Bonchev–Trinajstić information content (AvgIpc) is 2.34. The predicted molar refractivity (Wildman–Crippen MR) is 71.5 cm³/mol. The van der Waals surface area contributed by atoms with Gasteiger partial charge in [0.15, 0.2) is 6.29 Å². The summed E-state index contributed by atoms with van der Waals surface area (Å²) in [7, 11) is 0. The van der Waals surface area contributed by atoms with Crippen molar-refractivity contribution in [1.29, 1.82) is 0 Å². The number of halogens is 1. The van der Waals surface area contributed by atoms with Gasteiger partial charge in [-0.05, 0) is 18.2 Å². The van der Waals surface area contributed by atoms with E-state index in [0.717, 1.165) is 0 Å². The van der Waals surface area contributed by atoms with E-state index in [0.29, 0.717) is 35.2 Å². The van der Waals surface area contributed by atoms with Crippen LogP contribution in [-0.4, -0.2) is 36.7 Å². The van der Waals surface area contributed by atoms with E-state index in [1.165, 1.54) is 0 Å². The summed E-state index contributed by atoms with van der Waals surface area (Å²) in [6.07, 6.45) is 0.102. The summed E-state index contributed by atoms with van der Waals surface area (Å²) in [5, 5.41) is 13.1. The second-order valence-electron chi connectivity index (χ2n) is 4.33. The van der Waals surface area contributed by atoms with Crippen LogP contribution in [0, 0.1) is 0 Å². The molecule has 0 radical (unpaired) electrons. The lowest BCUT2D eigenvalue weighted by Gasteiger charge is -2.15. The Kier molecular flexibility index (Phi) is 6.12. The van der Waals surface area contributed by atoms with Gasteiger partial charge in [-0.1, -0.05) is 25.4 Å². The Bertz CT molecular complexity index is 396. The average molecular weight is 272 g/mol. The second-order valence-corrected chi connectivity index (χ2v) is 4.74. The number of aliphatic hydroxyl groups excluding tert-OH is 1. The van der Waals surface area contributed by atoms with E-state index in [1.807, 2.05) is 13.8 Å². The van der Waals surface area contributed by atoms with Gasteiger partial charge in [0.1, 0.15) is 18.5 Å². The molecule has 100 valence electrons. The van der Waals surface area contributed by atoms with E-state index in [4.69, 9.17) is 16.3 Å². The van der Waals surface area contributed by atoms with Crippen LogP contribution < -0.4 is 10.1 Å². The molecular formula is C13H18ClNO3. The number of nitrogens with one attached hydrogen (secondary N) is 1. The molecule has 0 amide bonds. The van der Waals surface area contributed by atoms with Gasteiger partial charge in [0.05, 0.1) is 5.02 Å². The number of aldehydes is 1. The van der Waals surface area contributed by atoms with Crippen LogP contribution in [0.15, 0.2) is 18.2 Å². The Balaban J connectivity index is 2.43. The second kappa shape index (κ2) is 7.36. The maximum absolute atomic E-state index is 10.6. The highest BCUT2D eigenvalue weighted by Crippen LogP contribution is 2.21. The predicted octanol–water partition coefficient (Wildman–Crippen LogP) is 1.89. The zero-order chi connectivity index (χ0) is 13.5. The van der Waals surface area contributed by atoms with Gasteiger partial charge in [-0.3, -0.25) is 4.79 Å². The van der Waals surface area contributed by atoms with Crippen molar-refractivity contribution in [2.24, 2.45) is 0 Å². The Morgan fingerprint density at radius 3 is 2.78 bits per heavy atom. The molecule has 4 nitrogen and oxygen atoms in total. The molecule has 0 saturated heterocycles. The lowest BCUT2D eigenvalue weighted by atomic mass is 10.2. The number of ether oxygens (including phenoxy) is 1. The van der Waals surface area contributed by atoms with Gasteiger partial charge in [0.2, 0.25) is 0 Å². The summed E-state index contributed by atoms with van der Waals surface area (Å²) in [5.41, 5.74) is 0.422. The van der Waals surface area contributed by atoms with Gasteiger partial charge >= 0.3 is 0 Å². The van der Waals surface area contributed by atoms with Crippen molar-refractivity contribution in [3.63, 3.8) is 0 Å². The lowest BCUT2D eigenvalue weighted by Crippen LogP contribution is -2.35. The molecule has 0 heterocycles. The third-order valence-electron chi connectivity index (χ3n) is 2.30. The number of carbonyl (C=O) groups is 1. The SMILES string of the molecule is CC(C)NC[C@H](O)COc1ccc(C=O)c(Cl)c1. The minimum atomic E-state index is -0.586. The highest BCUT2D eigenvalue weighted by Gasteiger charge is 2.07. The molecule has 0 aliphatic rings. The van der Waals surface area contributed by atoms with Crippen LogP contribution in [0.25, 0.3) is 0 Å². The zero-order valence-electron chi connectivity index (χ0n) is 10.5. The van der Waals surface area contributed by atoms with Crippen LogP contribution in [0.1, 0.15) is 24.2 Å². The quantitative estimate of drug-likeness (QED) is 0.744. The van der Waals surface area contributed by atoms with E-state index in [1.54, 1.807) is 18.2 Å². The normalized spacial score (nSPS) is 12.5. The lowest BCUT2D eigenvalue weighted by molar-refractivity contribution is 0.104. The highest BCUT2D eigenvalue weighted by molar-refractivity contribution is 6.33. The first-order valence-corrected chi connectivity index (χ1v) is 6.19. The van der Waals surface area contributed by atoms with Crippen molar-refractivity contribution >= 4 is 17.9 Å². The molecule has 5 heteroatoms. The third kappa shape index (κ3) is 5.04. The molecule has 18 heavy (non-hydrogen) atoms. The van der Waals surface area contributed by atoms with Crippen LogP contribution >= 0.6 is 11.6 Å². The van der Waals surface area contributed by atoms with Crippen LogP contribution in [0.2, 0.25) is 5.02 Å². The van der Waals surface area contributed by atoms with Crippen molar-refractivity contribution in [3.8, 4) is 5.75 Å². The van der Waals surface area contributed by atoms with Crippen molar-refractivity contribution < 1.29 is 14.6 Å². The van der Waals surface area contributed by atoms with Gasteiger partial charge in [0, 0.05) is 18.2 Å². The summed E-state index contributed by atoms with van der Waals surface area (Å²) in [5.74, 6) is 0.536. The first kappa shape index (κ1) is 15.0. The van der Waals surface area contributed by atoms with Crippen molar-refractivity contribution in [3.05, 3.63) is 28.8 Å². The van der Waals surface area contributed by atoms with E-state index < -0.39 is 6.10 Å². The number of aliphatic hydroxyl groups is 1. The van der Waals surface area contributed by atoms with E-state index in [2.05, 4.69) is 5.32 Å². The maximum Gasteiger partial charge on any atom is 0.151 e. The standard InChI is InChI=1S/C13H18ClNO3/c1-9(2)15-6-11(17)8-18-12-4-3-10(7-16)13(14)5-12/h3-5,7,9,11,15,17H,6,8H2,1-2H3/t11-/m0/s1. The monoisotopic (exact) mass is 271 g/mol. The first-order chi connectivity index (χ1) is 8.52. The fraction of sp³-hybridized carbons (Fsp3) is 0.462. The Labute approximate surface area is 112 Å². The van der Waals surface area contributed by atoms with Crippen molar-refractivity contribution in [2.45, 2.75) is 26.0 Å². The number of hydrogen-bond acceptors (Lipinski definition) is 4. The van der Waals surface area contributed by atoms with Gasteiger partial charge in [-0.2, -0.15) is 0 Å².